The molecule has 0 spiro atoms. The van der Waals surface area contributed by atoms with Gasteiger partial charge in [-0.05, 0) is 30.9 Å². The summed E-state index contributed by atoms with van der Waals surface area (Å²) in [4.78, 5) is 12.0. The molecule has 1 heterocycles. The topological polar surface area (TPSA) is 59.0 Å². The van der Waals surface area contributed by atoms with Crippen molar-refractivity contribution in [2.75, 3.05) is 5.32 Å². The van der Waals surface area contributed by atoms with E-state index < -0.39 is 0 Å². The number of anilines is 1. The number of aryl methyl sites for hydroxylation is 2. The molecule has 5 nitrogen and oxygen atoms in total. The van der Waals surface area contributed by atoms with E-state index in [9.17, 15) is 4.79 Å². The van der Waals surface area contributed by atoms with Crippen molar-refractivity contribution in [2.45, 2.75) is 32.4 Å². The van der Waals surface area contributed by atoms with Crippen molar-refractivity contribution in [3.63, 3.8) is 0 Å². The zero-order valence-electron chi connectivity index (χ0n) is 11.5. The summed E-state index contributed by atoms with van der Waals surface area (Å²) in [6, 6.07) is 8.19. The van der Waals surface area contributed by atoms with E-state index in [1.165, 1.54) is 11.1 Å². The van der Waals surface area contributed by atoms with Gasteiger partial charge in [-0.15, -0.1) is 0 Å². The monoisotopic (exact) mass is 270 g/mol. The molecule has 1 aromatic heterocycles. The summed E-state index contributed by atoms with van der Waals surface area (Å²) in [6.07, 6.45) is 5.46. The third-order valence-electron chi connectivity index (χ3n) is 3.65. The van der Waals surface area contributed by atoms with Crippen LogP contribution >= 0.6 is 0 Å². The first-order valence-electron chi connectivity index (χ1n) is 6.94. The summed E-state index contributed by atoms with van der Waals surface area (Å²) in [5.41, 5.74) is 3.28. The molecule has 1 aliphatic carbocycles. The average Bonchev–Trinajstić information content (AvgIpc) is 3.06. The standard InChI is InChI=1S/C15H18N4O/c1-2-19-10-12(9-16-19)17-15(20)18-14-8-7-11-5-3-4-6-13(11)14/h3-6,9-10,14H,2,7-8H2,1H3,(H2,17,18,20). The van der Waals surface area contributed by atoms with E-state index in [0.29, 0.717) is 0 Å². The molecule has 0 aliphatic heterocycles. The first-order valence-corrected chi connectivity index (χ1v) is 6.94. The molecular formula is C15H18N4O. The van der Waals surface area contributed by atoms with E-state index in [-0.39, 0.29) is 12.1 Å². The Labute approximate surface area is 118 Å². The maximum absolute atomic E-state index is 12.0. The van der Waals surface area contributed by atoms with Crippen molar-refractivity contribution in [3.05, 3.63) is 47.8 Å². The molecule has 0 saturated heterocycles. The predicted molar refractivity (Wildman–Crippen MR) is 77.6 cm³/mol. The first-order chi connectivity index (χ1) is 9.76. The van der Waals surface area contributed by atoms with Gasteiger partial charge in [0.15, 0.2) is 0 Å². The minimum absolute atomic E-state index is 0.104. The molecule has 0 radical (unpaired) electrons. The lowest BCUT2D eigenvalue weighted by molar-refractivity contribution is 0.248. The maximum Gasteiger partial charge on any atom is 0.319 e. The molecule has 5 heteroatoms. The molecule has 1 aromatic carbocycles. The Morgan fingerprint density at radius 2 is 2.30 bits per heavy atom. The Morgan fingerprint density at radius 3 is 3.10 bits per heavy atom. The van der Waals surface area contributed by atoms with Gasteiger partial charge in [0.05, 0.1) is 17.9 Å². The van der Waals surface area contributed by atoms with Gasteiger partial charge in [0.25, 0.3) is 0 Å². The fourth-order valence-electron chi connectivity index (χ4n) is 2.63. The van der Waals surface area contributed by atoms with Gasteiger partial charge in [-0.1, -0.05) is 24.3 Å². The molecule has 1 unspecified atom stereocenters. The third-order valence-corrected chi connectivity index (χ3v) is 3.65. The number of fused-ring (bicyclic) bond motifs is 1. The molecule has 104 valence electrons. The van der Waals surface area contributed by atoms with E-state index in [1.807, 2.05) is 25.3 Å². The quantitative estimate of drug-likeness (QED) is 0.901. The molecule has 0 bridgehead atoms. The van der Waals surface area contributed by atoms with Crippen LogP contribution < -0.4 is 10.6 Å². The number of carbonyl (C=O) groups is 1. The van der Waals surface area contributed by atoms with Crippen molar-refractivity contribution in [2.24, 2.45) is 0 Å². The zero-order valence-corrected chi connectivity index (χ0v) is 11.5. The summed E-state index contributed by atoms with van der Waals surface area (Å²) in [5.74, 6) is 0. The minimum atomic E-state index is -0.178. The molecule has 2 amide bonds. The van der Waals surface area contributed by atoms with Crippen molar-refractivity contribution in [1.29, 1.82) is 0 Å². The Bertz CT molecular complexity index is 620. The van der Waals surface area contributed by atoms with Crippen molar-refractivity contribution in [1.82, 2.24) is 15.1 Å². The normalized spacial score (nSPS) is 16.8. The zero-order chi connectivity index (χ0) is 13.9. The SMILES string of the molecule is CCn1cc(NC(=O)NC2CCc3ccccc32)cn1. The highest BCUT2D eigenvalue weighted by Crippen LogP contribution is 2.30. The Morgan fingerprint density at radius 1 is 1.45 bits per heavy atom. The van der Waals surface area contributed by atoms with Crippen molar-refractivity contribution >= 4 is 11.7 Å². The van der Waals surface area contributed by atoms with Gasteiger partial charge in [-0.3, -0.25) is 4.68 Å². The van der Waals surface area contributed by atoms with Crippen molar-refractivity contribution in [3.8, 4) is 0 Å². The average molecular weight is 270 g/mol. The number of nitrogens with zero attached hydrogens (tertiary/aromatic N) is 2. The fourth-order valence-corrected chi connectivity index (χ4v) is 2.63. The van der Waals surface area contributed by atoms with E-state index >= 15 is 0 Å². The third kappa shape index (κ3) is 2.52. The number of urea groups is 1. The van der Waals surface area contributed by atoms with Gasteiger partial charge in [-0.2, -0.15) is 5.10 Å². The highest BCUT2D eigenvalue weighted by Gasteiger charge is 2.23. The molecule has 1 aliphatic rings. The van der Waals surface area contributed by atoms with Crippen LogP contribution in [-0.2, 0) is 13.0 Å². The first kappa shape index (κ1) is 12.7. The number of amides is 2. The predicted octanol–water partition coefficient (Wildman–Crippen LogP) is 2.71. The number of hydrogen-bond acceptors (Lipinski definition) is 2. The summed E-state index contributed by atoms with van der Waals surface area (Å²) >= 11 is 0. The van der Waals surface area contributed by atoms with Gasteiger partial charge >= 0.3 is 6.03 Å². The van der Waals surface area contributed by atoms with Crippen LogP contribution in [0.15, 0.2) is 36.7 Å². The molecule has 0 saturated carbocycles. The number of rotatable bonds is 3. The molecule has 20 heavy (non-hydrogen) atoms. The molecule has 2 aromatic rings. The number of aromatic nitrogens is 2. The molecule has 1 atom stereocenters. The van der Waals surface area contributed by atoms with Crippen LogP contribution in [0.1, 0.15) is 30.5 Å². The van der Waals surface area contributed by atoms with Gasteiger partial charge in [0.1, 0.15) is 0 Å². The number of hydrogen-bond donors (Lipinski definition) is 2. The maximum atomic E-state index is 12.0. The van der Waals surface area contributed by atoms with E-state index in [4.69, 9.17) is 0 Å². The van der Waals surface area contributed by atoms with Crippen LogP contribution in [0.5, 0.6) is 0 Å². The Balaban J connectivity index is 1.62. The van der Waals surface area contributed by atoms with Crippen LogP contribution in [-0.4, -0.2) is 15.8 Å². The van der Waals surface area contributed by atoms with Crippen LogP contribution in [0.2, 0.25) is 0 Å². The van der Waals surface area contributed by atoms with Gasteiger partial charge in [0.2, 0.25) is 0 Å². The summed E-state index contributed by atoms with van der Waals surface area (Å²) in [7, 11) is 0. The second-order valence-corrected chi connectivity index (χ2v) is 4.97. The van der Waals surface area contributed by atoms with E-state index in [2.05, 4.69) is 27.9 Å². The molecule has 3 rings (SSSR count). The van der Waals surface area contributed by atoms with Gasteiger partial charge < -0.3 is 10.6 Å². The van der Waals surface area contributed by atoms with Crippen LogP contribution in [0.3, 0.4) is 0 Å². The largest absolute Gasteiger partial charge is 0.331 e. The second-order valence-electron chi connectivity index (χ2n) is 4.97. The van der Waals surface area contributed by atoms with Gasteiger partial charge in [0, 0.05) is 12.7 Å². The highest BCUT2D eigenvalue weighted by molar-refractivity contribution is 5.89. The lowest BCUT2D eigenvalue weighted by Crippen LogP contribution is -2.31. The van der Waals surface area contributed by atoms with E-state index in [1.54, 1.807) is 10.9 Å². The smallest absolute Gasteiger partial charge is 0.319 e. The molecule has 0 fully saturated rings. The highest BCUT2D eigenvalue weighted by atomic mass is 16.2. The second kappa shape index (κ2) is 5.36. The fraction of sp³-hybridized carbons (Fsp3) is 0.333. The van der Waals surface area contributed by atoms with Crippen LogP contribution in [0.4, 0.5) is 10.5 Å². The van der Waals surface area contributed by atoms with Gasteiger partial charge in [-0.25, -0.2) is 4.79 Å². The van der Waals surface area contributed by atoms with Crippen molar-refractivity contribution < 1.29 is 4.79 Å². The number of nitrogens with one attached hydrogen (secondary N) is 2. The molecule has 2 N–H and O–H groups in total. The lowest BCUT2D eigenvalue weighted by Gasteiger charge is -2.14. The minimum Gasteiger partial charge on any atom is -0.331 e. The number of benzene rings is 1. The Kier molecular flexibility index (Phi) is 3.41. The lowest BCUT2D eigenvalue weighted by atomic mass is 10.1. The molecular weight excluding hydrogens is 252 g/mol. The Hall–Kier alpha value is -2.30. The summed E-state index contributed by atoms with van der Waals surface area (Å²) in [6.45, 7) is 2.80. The summed E-state index contributed by atoms with van der Waals surface area (Å²) in [5, 5.41) is 9.97. The van der Waals surface area contributed by atoms with E-state index in [0.717, 1.165) is 25.1 Å². The number of carbonyl (C=O) groups excluding carboxylic acids is 1. The van der Waals surface area contributed by atoms with Crippen LogP contribution in [0, 0.1) is 0 Å². The van der Waals surface area contributed by atoms with Crippen LogP contribution in [0.25, 0.3) is 0 Å². The summed E-state index contributed by atoms with van der Waals surface area (Å²) < 4.78 is 1.78.